The maximum atomic E-state index is 12.4. The first-order chi connectivity index (χ1) is 13.0. The molecule has 27 heavy (non-hydrogen) atoms. The van der Waals surface area contributed by atoms with E-state index in [1.807, 2.05) is 44.2 Å². The molecule has 0 saturated heterocycles. The van der Waals surface area contributed by atoms with Crippen LogP contribution in [-0.2, 0) is 0 Å². The number of amides is 1. The van der Waals surface area contributed by atoms with Gasteiger partial charge >= 0.3 is 0 Å². The van der Waals surface area contributed by atoms with Crippen LogP contribution in [0.3, 0.4) is 0 Å². The number of aryl methyl sites for hydroxylation is 1. The molecule has 7 heteroatoms. The van der Waals surface area contributed by atoms with Gasteiger partial charge in [0.05, 0.1) is 11.6 Å². The molecule has 0 aliphatic rings. The van der Waals surface area contributed by atoms with Crippen molar-refractivity contribution in [3.8, 4) is 6.07 Å². The third-order valence-corrected chi connectivity index (χ3v) is 3.90. The smallest absolute Gasteiger partial charge is 0.257 e. The quantitative estimate of drug-likeness (QED) is 0.724. The molecule has 2 N–H and O–H groups in total. The average molecular weight is 358 g/mol. The molecule has 0 radical (unpaired) electrons. The lowest BCUT2D eigenvalue weighted by molar-refractivity contribution is 0.102. The summed E-state index contributed by atoms with van der Waals surface area (Å²) in [5.41, 5.74) is 3.09. The number of aromatic nitrogens is 3. The minimum atomic E-state index is -0.210. The fraction of sp³-hybridized carbons (Fsp3) is 0.150. The minimum Gasteiger partial charge on any atom is -0.363 e. The summed E-state index contributed by atoms with van der Waals surface area (Å²) in [6.45, 7) is 3.86. The normalized spacial score (nSPS) is 11.3. The second kappa shape index (κ2) is 8.06. The Balaban J connectivity index is 1.72. The van der Waals surface area contributed by atoms with Gasteiger partial charge in [0.1, 0.15) is 11.9 Å². The zero-order chi connectivity index (χ0) is 19.2. The number of hydrogen-bond donors (Lipinski definition) is 2. The van der Waals surface area contributed by atoms with E-state index in [-0.39, 0.29) is 17.8 Å². The van der Waals surface area contributed by atoms with Gasteiger partial charge in [0.25, 0.3) is 5.91 Å². The van der Waals surface area contributed by atoms with Crippen molar-refractivity contribution >= 4 is 17.4 Å². The van der Waals surface area contributed by atoms with Crippen LogP contribution < -0.4 is 10.6 Å². The molecule has 0 saturated carbocycles. The Bertz CT molecular complexity index is 1010. The zero-order valence-corrected chi connectivity index (χ0v) is 15.0. The monoisotopic (exact) mass is 358 g/mol. The highest BCUT2D eigenvalue weighted by molar-refractivity contribution is 6.04. The van der Waals surface area contributed by atoms with Crippen LogP contribution in [-0.4, -0.2) is 20.9 Å². The van der Waals surface area contributed by atoms with Crippen molar-refractivity contribution in [2.45, 2.75) is 19.9 Å². The van der Waals surface area contributed by atoms with E-state index in [2.05, 4.69) is 25.6 Å². The summed E-state index contributed by atoms with van der Waals surface area (Å²) < 4.78 is 0. The molecule has 0 unspecified atom stereocenters. The fourth-order valence-corrected chi connectivity index (χ4v) is 2.57. The van der Waals surface area contributed by atoms with Crippen molar-refractivity contribution in [1.29, 1.82) is 5.26 Å². The number of carbonyl (C=O) groups is 1. The Morgan fingerprint density at radius 1 is 1.22 bits per heavy atom. The predicted molar refractivity (Wildman–Crippen MR) is 102 cm³/mol. The Morgan fingerprint density at radius 2 is 2.07 bits per heavy atom. The maximum Gasteiger partial charge on any atom is 0.257 e. The lowest BCUT2D eigenvalue weighted by Gasteiger charge is -2.16. The molecule has 2 aromatic heterocycles. The van der Waals surface area contributed by atoms with Crippen molar-refractivity contribution < 1.29 is 4.79 Å². The van der Waals surface area contributed by atoms with E-state index in [4.69, 9.17) is 5.26 Å². The van der Waals surface area contributed by atoms with Gasteiger partial charge in [-0.3, -0.25) is 9.78 Å². The summed E-state index contributed by atoms with van der Waals surface area (Å²) in [5.74, 6) is 0.465. The Kier molecular flexibility index (Phi) is 5.38. The third-order valence-electron chi connectivity index (χ3n) is 3.90. The van der Waals surface area contributed by atoms with Crippen LogP contribution in [0.2, 0.25) is 0 Å². The van der Waals surface area contributed by atoms with Gasteiger partial charge in [-0.05, 0) is 49.2 Å². The standard InChI is InChI=1S/C20H18N6O/c1-13-8-16(12-22-11-13)20(27)25-17-5-3-4-15(9-17)14(2)24-18-6-7-23-19(10-21)26-18/h3-9,11-12,14H,1-2H3,(H,25,27)(H,23,24,26)/t14-/m0/s1. The van der Waals surface area contributed by atoms with E-state index in [0.717, 1.165) is 11.1 Å². The van der Waals surface area contributed by atoms with E-state index < -0.39 is 0 Å². The topological polar surface area (TPSA) is 104 Å². The van der Waals surface area contributed by atoms with Gasteiger partial charge in [0, 0.05) is 24.3 Å². The number of anilines is 2. The van der Waals surface area contributed by atoms with Gasteiger partial charge in [0.15, 0.2) is 0 Å². The average Bonchev–Trinajstić information content (AvgIpc) is 2.68. The number of rotatable bonds is 5. The number of benzene rings is 1. The van der Waals surface area contributed by atoms with Gasteiger partial charge in [-0.2, -0.15) is 5.26 Å². The molecule has 0 aliphatic carbocycles. The number of carbonyl (C=O) groups excluding carboxylic acids is 1. The molecule has 0 fully saturated rings. The van der Waals surface area contributed by atoms with E-state index in [0.29, 0.717) is 17.1 Å². The van der Waals surface area contributed by atoms with Crippen molar-refractivity contribution in [2.75, 3.05) is 10.6 Å². The van der Waals surface area contributed by atoms with E-state index in [9.17, 15) is 4.79 Å². The number of pyridine rings is 1. The SMILES string of the molecule is Cc1cncc(C(=O)Nc2cccc([C@H](C)Nc3ccnc(C#N)n3)c2)c1. The summed E-state index contributed by atoms with van der Waals surface area (Å²) in [7, 11) is 0. The molecule has 0 bridgehead atoms. The Hall–Kier alpha value is -3.79. The minimum absolute atomic E-state index is 0.0797. The van der Waals surface area contributed by atoms with Gasteiger partial charge < -0.3 is 10.6 Å². The Labute approximate surface area is 157 Å². The van der Waals surface area contributed by atoms with Crippen molar-refractivity contribution in [1.82, 2.24) is 15.0 Å². The molecule has 134 valence electrons. The largest absolute Gasteiger partial charge is 0.363 e. The molecular weight excluding hydrogens is 340 g/mol. The first-order valence-electron chi connectivity index (χ1n) is 8.38. The van der Waals surface area contributed by atoms with Gasteiger partial charge in [-0.25, -0.2) is 9.97 Å². The van der Waals surface area contributed by atoms with Crippen LogP contribution in [0.5, 0.6) is 0 Å². The molecule has 1 atom stereocenters. The first kappa shape index (κ1) is 18.0. The zero-order valence-electron chi connectivity index (χ0n) is 15.0. The van der Waals surface area contributed by atoms with Crippen LogP contribution >= 0.6 is 0 Å². The third kappa shape index (κ3) is 4.64. The lowest BCUT2D eigenvalue weighted by Crippen LogP contribution is -2.13. The summed E-state index contributed by atoms with van der Waals surface area (Å²) in [4.78, 5) is 24.4. The molecule has 2 heterocycles. The molecule has 3 rings (SSSR count). The molecule has 3 aromatic rings. The maximum absolute atomic E-state index is 12.4. The highest BCUT2D eigenvalue weighted by Gasteiger charge is 2.10. The first-order valence-corrected chi connectivity index (χ1v) is 8.38. The molecule has 1 amide bonds. The molecular formula is C20H18N6O. The summed E-state index contributed by atoms with van der Waals surface area (Å²) >= 11 is 0. The van der Waals surface area contributed by atoms with Gasteiger partial charge in [0.2, 0.25) is 5.82 Å². The highest BCUT2D eigenvalue weighted by atomic mass is 16.1. The highest BCUT2D eigenvalue weighted by Crippen LogP contribution is 2.21. The van der Waals surface area contributed by atoms with Crippen LogP contribution in [0.4, 0.5) is 11.5 Å². The fourth-order valence-electron chi connectivity index (χ4n) is 2.57. The molecule has 0 aliphatic heterocycles. The summed E-state index contributed by atoms with van der Waals surface area (Å²) in [6.07, 6.45) is 4.78. The molecule has 7 nitrogen and oxygen atoms in total. The molecule has 0 spiro atoms. The lowest BCUT2D eigenvalue weighted by atomic mass is 10.1. The summed E-state index contributed by atoms with van der Waals surface area (Å²) in [6, 6.07) is 12.9. The van der Waals surface area contributed by atoms with Crippen molar-refractivity contribution in [2.24, 2.45) is 0 Å². The number of hydrogen-bond acceptors (Lipinski definition) is 6. The van der Waals surface area contributed by atoms with Crippen LogP contribution in [0, 0.1) is 18.3 Å². The summed E-state index contributed by atoms with van der Waals surface area (Å²) in [5, 5.41) is 15.0. The van der Waals surface area contributed by atoms with E-state index in [1.165, 1.54) is 12.4 Å². The van der Waals surface area contributed by atoms with Crippen molar-refractivity contribution in [3.63, 3.8) is 0 Å². The van der Waals surface area contributed by atoms with E-state index >= 15 is 0 Å². The van der Waals surface area contributed by atoms with Crippen LogP contribution in [0.25, 0.3) is 0 Å². The number of nitriles is 1. The van der Waals surface area contributed by atoms with Crippen molar-refractivity contribution in [3.05, 3.63) is 77.5 Å². The van der Waals surface area contributed by atoms with Crippen LogP contribution in [0.1, 0.15) is 40.3 Å². The number of nitrogens with one attached hydrogen (secondary N) is 2. The van der Waals surface area contributed by atoms with E-state index in [1.54, 1.807) is 18.3 Å². The van der Waals surface area contributed by atoms with Gasteiger partial charge in [-0.1, -0.05) is 12.1 Å². The van der Waals surface area contributed by atoms with Crippen LogP contribution in [0.15, 0.2) is 55.0 Å². The van der Waals surface area contributed by atoms with Gasteiger partial charge in [-0.15, -0.1) is 0 Å². The second-order valence-electron chi connectivity index (χ2n) is 6.07. The predicted octanol–water partition coefficient (Wildman–Crippen LogP) is 3.48. The molecule has 1 aromatic carbocycles. The number of nitrogens with zero attached hydrogens (tertiary/aromatic N) is 4. The Morgan fingerprint density at radius 3 is 2.85 bits per heavy atom. The second-order valence-corrected chi connectivity index (χ2v) is 6.07.